The number of nitrogens with one attached hydrogen (secondary N) is 1. The normalized spacial score (nSPS) is 14.7. The molecule has 0 radical (unpaired) electrons. The zero-order valence-electron chi connectivity index (χ0n) is 23.6. The Hall–Kier alpha value is -4.10. The lowest BCUT2D eigenvalue weighted by molar-refractivity contribution is -0.121. The molecule has 1 amide bonds. The van der Waals surface area contributed by atoms with E-state index in [2.05, 4.69) is 41.1 Å². The predicted molar refractivity (Wildman–Crippen MR) is 156 cm³/mol. The van der Waals surface area contributed by atoms with Crippen molar-refractivity contribution in [1.29, 1.82) is 0 Å². The van der Waals surface area contributed by atoms with E-state index < -0.39 is 0 Å². The van der Waals surface area contributed by atoms with Crippen molar-refractivity contribution in [3.8, 4) is 11.4 Å². The van der Waals surface area contributed by atoms with Gasteiger partial charge in [-0.2, -0.15) is 4.98 Å². The highest BCUT2D eigenvalue weighted by Gasteiger charge is 2.26. The summed E-state index contributed by atoms with van der Waals surface area (Å²) in [6.07, 6.45) is 1.48. The van der Waals surface area contributed by atoms with Crippen LogP contribution in [0.3, 0.4) is 0 Å². The lowest BCUT2D eigenvalue weighted by Crippen LogP contribution is -2.37. The van der Waals surface area contributed by atoms with E-state index in [9.17, 15) is 9.59 Å². The number of rotatable bonds is 7. The van der Waals surface area contributed by atoms with E-state index >= 15 is 0 Å². The first-order valence-electron chi connectivity index (χ1n) is 13.8. The molecule has 2 heterocycles. The van der Waals surface area contributed by atoms with E-state index in [1.165, 1.54) is 11.1 Å². The van der Waals surface area contributed by atoms with E-state index in [0.29, 0.717) is 35.1 Å². The minimum atomic E-state index is -0.0913. The van der Waals surface area contributed by atoms with E-state index in [0.717, 1.165) is 31.5 Å². The number of hydrogen-bond donors (Lipinski definition) is 1. The van der Waals surface area contributed by atoms with Crippen LogP contribution in [0.15, 0.2) is 77.3 Å². The summed E-state index contributed by atoms with van der Waals surface area (Å²) in [7, 11) is 0. The Bertz CT molecular complexity index is 1480. The minimum absolute atomic E-state index is 0.0155. The number of aryl methyl sites for hydroxylation is 1. The molecule has 5 rings (SSSR count). The molecule has 0 bridgehead atoms. The average Bonchev–Trinajstić information content (AvgIpc) is 3.41. The lowest BCUT2D eigenvalue weighted by Gasteiger charge is -2.30. The van der Waals surface area contributed by atoms with Crippen molar-refractivity contribution in [3.05, 3.63) is 101 Å². The largest absolute Gasteiger partial charge is 0.338 e. The van der Waals surface area contributed by atoms with Crippen LogP contribution in [0, 0.1) is 12.8 Å². The van der Waals surface area contributed by atoms with Gasteiger partial charge in [0.15, 0.2) is 5.78 Å². The van der Waals surface area contributed by atoms with Gasteiger partial charge in [-0.3, -0.25) is 14.5 Å². The van der Waals surface area contributed by atoms with Crippen LogP contribution < -0.4 is 5.32 Å². The van der Waals surface area contributed by atoms with E-state index in [4.69, 9.17) is 4.52 Å². The monoisotopic (exact) mass is 536 g/mol. The zero-order valence-corrected chi connectivity index (χ0v) is 23.6. The van der Waals surface area contributed by atoms with Crippen LogP contribution in [0.5, 0.6) is 0 Å². The Morgan fingerprint density at radius 1 is 0.950 bits per heavy atom. The quantitative estimate of drug-likeness (QED) is 0.274. The number of carbonyl (C=O) groups excluding carboxylic acids is 2. The van der Waals surface area contributed by atoms with Crippen molar-refractivity contribution in [2.45, 2.75) is 52.5 Å². The lowest BCUT2D eigenvalue weighted by atomic mass is 9.86. The third-order valence-electron chi connectivity index (χ3n) is 7.50. The van der Waals surface area contributed by atoms with Gasteiger partial charge in [0.05, 0.1) is 6.54 Å². The molecule has 1 saturated heterocycles. The maximum Gasteiger partial charge on any atom is 0.241 e. The van der Waals surface area contributed by atoms with Crippen LogP contribution in [0.1, 0.15) is 66.6 Å². The van der Waals surface area contributed by atoms with Crippen LogP contribution in [-0.2, 0) is 16.8 Å². The molecule has 1 aromatic heterocycles. The van der Waals surface area contributed by atoms with Gasteiger partial charge in [-0.25, -0.2) is 0 Å². The summed E-state index contributed by atoms with van der Waals surface area (Å²) < 4.78 is 5.48. The number of ketones is 1. The maximum atomic E-state index is 13.1. The van der Waals surface area contributed by atoms with Crippen LogP contribution in [0.2, 0.25) is 0 Å². The highest BCUT2D eigenvalue weighted by Crippen LogP contribution is 2.25. The molecule has 0 aliphatic carbocycles. The van der Waals surface area contributed by atoms with Gasteiger partial charge in [-0.15, -0.1) is 0 Å². The van der Waals surface area contributed by atoms with Crippen molar-refractivity contribution in [1.82, 2.24) is 15.0 Å². The first kappa shape index (κ1) is 27.5. The van der Waals surface area contributed by atoms with E-state index in [1.807, 2.05) is 67.6 Å². The van der Waals surface area contributed by atoms with Gasteiger partial charge < -0.3 is 9.84 Å². The van der Waals surface area contributed by atoms with Crippen molar-refractivity contribution >= 4 is 17.4 Å². The number of hydrogen-bond acceptors (Lipinski definition) is 6. The Labute approximate surface area is 235 Å². The number of piperidine rings is 1. The fourth-order valence-corrected chi connectivity index (χ4v) is 4.95. The minimum Gasteiger partial charge on any atom is -0.338 e. The topological polar surface area (TPSA) is 88.3 Å². The second-order valence-corrected chi connectivity index (χ2v) is 11.7. The average molecular weight is 537 g/mol. The first-order chi connectivity index (χ1) is 19.2. The SMILES string of the molecule is Cc1ccc(-c2noc(CN3CCC(C(=O)Nc4cccc(C(=O)c5ccc(C(C)(C)C)cc5)c4)CC3)n2)cc1. The van der Waals surface area contributed by atoms with E-state index in [1.54, 1.807) is 12.1 Å². The van der Waals surface area contributed by atoms with Crippen LogP contribution in [0.4, 0.5) is 5.69 Å². The smallest absolute Gasteiger partial charge is 0.241 e. The highest BCUT2D eigenvalue weighted by molar-refractivity contribution is 6.09. The summed E-state index contributed by atoms with van der Waals surface area (Å²) in [5, 5.41) is 7.15. The van der Waals surface area contributed by atoms with Gasteiger partial charge in [-0.05, 0) is 56.0 Å². The van der Waals surface area contributed by atoms with Gasteiger partial charge in [-0.1, -0.05) is 92.2 Å². The third kappa shape index (κ3) is 6.54. The standard InChI is InChI=1S/C33H36N4O3/c1-22-8-10-24(11-9-22)31-35-29(40-36-31)21-37-18-16-25(17-19-37)32(39)34-28-7-5-6-26(20-28)30(38)23-12-14-27(15-13-23)33(2,3)4/h5-15,20,25H,16-19,21H2,1-4H3,(H,34,39). The molecule has 7 nitrogen and oxygen atoms in total. The molecule has 1 aliphatic heterocycles. The molecular formula is C33H36N4O3. The fraction of sp³-hybridized carbons (Fsp3) is 0.333. The molecule has 0 spiro atoms. The molecule has 3 aromatic carbocycles. The fourth-order valence-electron chi connectivity index (χ4n) is 4.95. The number of benzene rings is 3. The number of aromatic nitrogens is 2. The van der Waals surface area contributed by atoms with Gasteiger partial charge in [0, 0.05) is 28.3 Å². The number of amides is 1. The maximum absolute atomic E-state index is 13.1. The molecule has 1 N–H and O–H groups in total. The summed E-state index contributed by atoms with van der Waals surface area (Å²) in [6, 6.07) is 23.0. The second kappa shape index (κ2) is 11.6. The number of likely N-dealkylation sites (tertiary alicyclic amines) is 1. The Balaban J connectivity index is 1.14. The second-order valence-electron chi connectivity index (χ2n) is 11.7. The molecule has 206 valence electrons. The summed E-state index contributed by atoms with van der Waals surface area (Å²) in [5.41, 5.74) is 5.15. The number of carbonyl (C=O) groups is 2. The van der Waals surface area contributed by atoms with Crippen LogP contribution in [0.25, 0.3) is 11.4 Å². The zero-order chi connectivity index (χ0) is 28.3. The molecule has 1 fully saturated rings. The van der Waals surface area contributed by atoms with Crippen molar-refractivity contribution in [2.75, 3.05) is 18.4 Å². The highest BCUT2D eigenvalue weighted by atomic mass is 16.5. The van der Waals surface area contributed by atoms with Gasteiger partial charge in [0.1, 0.15) is 0 Å². The van der Waals surface area contributed by atoms with Crippen LogP contribution >= 0.6 is 0 Å². The molecule has 0 unspecified atom stereocenters. The molecular weight excluding hydrogens is 500 g/mol. The summed E-state index contributed by atoms with van der Waals surface area (Å²) in [5.74, 6) is 1.00. The predicted octanol–water partition coefficient (Wildman–Crippen LogP) is 6.42. The van der Waals surface area contributed by atoms with Gasteiger partial charge in [0.2, 0.25) is 17.6 Å². The van der Waals surface area contributed by atoms with Crippen molar-refractivity contribution in [3.63, 3.8) is 0 Å². The molecule has 7 heteroatoms. The molecule has 1 aliphatic rings. The molecule has 4 aromatic rings. The molecule has 40 heavy (non-hydrogen) atoms. The number of nitrogens with zero attached hydrogens (tertiary/aromatic N) is 3. The van der Waals surface area contributed by atoms with Gasteiger partial charge >= 0.3 is 0 Å². The van der Waals surface area contributed by atoms with E-state index in [-0.39, 0.29) is 23.0 Å². The Morgan fingerprint density at radius 3 is 2.33 bits per heavy atom. The first-order valence-corrected chi connectivity index (χ1v) is 13.8. The summed E-state index contributed by atoms with van der Waals surface area (Å²) in [6.45, 7) is 10.6. The number of anilines is 1. The molecule has 0 saturated carbocycles. The summed E-state index contributed by atoms with van der Waals surface area (Å²) >= 11 is 0. The third-order valence-corrected chi connectivity index (χ3v) is 7.50. The Kier molecular flexibility index (Phi) is 7.94. The van der Waals surface area contributed by atoms with Crippen molar-refractivity contribution < 1.29 is 14.1 Å². The van der Waals surface area contributed by atoms with Gasteiger partial charge in [0.25, 0.3) is 0 Å². The molecule has 0 atom stereocenters. The Morgan fingerprint density at radius 2 is 1.65 bits per heavy atom. The van der Waals surface area contributed by atoms with Crippen LogP contribution in [-0.4, -0.2) is 39.8 Å². The summed E-state index contributed by atoms with van der Waals surface area (Å²) in [4.78, 5) is 32.9. The van der Waals surface area contributed by atoms with Crippen molar-refractivity contribution in [2.24, 2.45) is 5.92 Å².